The van der Waals surface area contributed by atoms with E-state index in [2.05, 4.69) is 38.0 Å². The molecule has 1 fully saturated rings. The first-order chi connectivity index (χ1) is 15.2. The molecule has 1 unspecified atom stereocenters. The maximum atomic E-state index is 11.9. The van der Waals surface area contributed by atoms with Gasteiger partial charge in [-0.1, -0.05) is 30.3 Å². The number of likely N-dealkylation sites (tertiary alicyclic amines) is 1. The van der Waals surface area contributed by atoms with Gasteiger partial charge in [0.05, 0.1) is 13.2 Å². The van der Waals surface area contributed by atoms with Gasteiger partial charge < -0.3 is 20.7 Å². The molecule has 1 aliphatic heterocycles. The van der Waals surface area contributed by atoms with Crippen molar-refractivity contribution in [2.45, 2.75) is 25.4 Å². The maximum Gasteiger partial charge on any atom is 0.251 e. The number of nitrogens with one attached hydrogen (secondary N) is 3. The Morgan fingerprint density at radius 3 is 2.61 bits per heavy atom. The molecule has 0 saturated carbocycles. The highest BCUT2D eigenvalue weighted by molar-refractivity contribution is 5.94. The Kier molecular flexibility index (Phi) is 8.29. The number of carbonyl (C=O) groups is 1. The molecule has 3 rings (SSSR count). The lowest BCUT2D eigenvalue weighted by atomic mass is 10.0. The van der Waals surface area contributed by atoms with E-state index in [1.807, 2.05) is 36.4 Å². The van der Waals surface area contributed by atoms with Crippen LogP contribution in [0, 0.1) is 0 Å². The molecule has 0 spiro atoms. The van der Waals surface area contributed by atoms with Gasteiger partial charge in [-0.05, 0) is 49.7 Å². The minimum Gasteiger partial charge on any atom is -0.496 e. The molecule has 1 saturated heterocycles. The third-order valence-electron chi connectivity index (χ3n) is 5.64. The normalized spacial score (nSPS) is 15.4. The summed E-state index contributed by atoms with van der Waals surface area (Å²) in [7, 11) is 5.13. The highest BCUT2D eigenvalue weighted by atomic mass is 16.5. The molecule has 0 radical (unpaired) electrons. The quantitative estimate of drug-likeness (QED) is 0.449. The number of carbonyl (C=O) groups excluding carboxylic acids is 1. The Bertz CT molecular complexity index is 893. The van der Waals surface area contributed by atoms with Crippen LogP contribution in [0.4, 0.5) is 0 Å². The van der Waals surface area contributed by atoms with Crippen molar-refractivity contribution in [3.8, 4) is 5.75 Å². The number of para-hydroxylation sites is 1. The number of hydrogen-bond acceptors (Lipinski definition) is 4. The van der Waals surface area contributed by atoms with Crippen LogP contribution in [0.2, 0.25) is 0 Å². The molecular formula is C24H33N5O2. The second-order valence-electron chi connectivity index (χ2n) is 7.59. The highest BCUT2D eigenvalue weighted by Crippen LogP contribution is 2.31. The number of amides is 1. The van der Waals surface area contributed by atoms with Crippen LogP contribution in [0.25, 0.3) is 0 Å². The smallest absolute Gasteiger partial charge is 0.251 e. The van der Waals surface area contributed by atoms with Crippen molar-refractivity contribution in [1.82, 2.24) is 20.9 Å². The Morgan fingerprint density at radius 2 is 1.90 bits per heavy atom. The van der Waals surface area contributed by atoms with Gasteiger partial charge in [0.1, 0.15) is 5.75 Å². The summed E-state index contributed by atoms with van der Waals surface area (Å²) in [5.74, 6) is 1.55. The van der Waals surface area contributed by atoms with Crippen molar-refractivity contribution in [2.24, 2.45) is 4.99 Å². The van der Waals surface area contributed by atoms with Gasteiger partial charge in [0.25, 0.3) is 5.91 Å². The molecule has 7 nitrogen and oxygen atoms in total. The fraction of sp³-hybridized carbons (Fsp3) is 0.417. The first-order valence-corrected chi connectivity index (χ1v) is 10.8. The summed E-state index contributed by atoms with van der Waals surface area (Å²) in [6.45, 7) is 3.47. The predicted molar refractivity (Wildman–Crippen MR) is 125 cm³/mol. The van der Waals surface area contributed by atoms with E-state index >= 15 is 0 Å². The van der Waals surface area contributed by atoms with Crippen molar-refractivity contribution < 1.29 is 9.53 Å². The number of ether oxygens (including phenoxy) is 1. The first kappa shape index (κ1) is 22.6. The van der Waals surface area contributed by atoms with Crippen LogP contribution in [-0.4, -0.2) is 57.6 Å². The lowest BCUT2D eigenvalue weighted by Crippen LogP contribution is -2.42. The fourth-order valence-corrected chi connectivity index (χ4v) is 4.00. The number of guanidine groups is 1. The Morgan fingerprint density at radius 1 is 1.13 bits per heavy atom. The van der Waals surface area contributed by atoms with Gasteiger partial charge in [-0.15, -0.1) is 0 Å². The lowest BCUT2D eigenvalue weighted by Gasteiger charge is -2.30. The molecular weight excluding hydrogens is 390 g/mol. The number of nitrogens with zero attached hydrogens (tertiary/aromatic N) is 2. The van der Waals surface area contributed by atoms with Gasteiger partial charge in [-0.25, -0.2) is 0 Å². The molecule has 166 valence electrons. The molecule has 0 aliphatic carbocycles. The summed E-state index contributed by atoms with van der Waals surface area (Å²) >= 11 is 0. The van der Waals surface area contributed by atoms with Gasteiger partial charge in [-0.2, -0.15) is 0 Å². The molecule has 2 aromatic carbocycles. The molecule has 0 aromatic heterocycles. The second kappa shape index (κ2) is 11.4. The van der Waals surface area contributed by atoms with Crippen molar-refractivity contribution >= 4 is 11.9 Å². The number of methoxy groups -OCH3 is 1. The van der Waals surface area contributed by atoms with Gasteiger partial charge in [0, 0.05) is 38.3 Å². The third kappa shape index (κ3) is 5.98. The molecule has 1 atom stereocenters. The molecule has 2 aromatic rings. The van der Waals surface area contributed by atoms with Crippen molar-refractivity contribution in [2.75, 3.05) is 40.8 Å². The standard InChI is InChI=1S/C24H33N5O2/c1-25-23(30)19-10-8-9-18(15-19)16-27-24(26-2)28-17-21(29-13-6-7-14-29)20-11-4-5-12-22(20)31-3/h4-5,8-12,15,21H,6-7,13-14,16-17H2,1-3H3,(H,25,30)(H2,26,27,28). The van der Waals surface area contributed by atoms with E-state index in [4.69, 9.17) is 4.74 Å². The zero-order chi connectivity index (χ0) is 22.1. The van der Waals surface area contributed by atoms with Crippen molar-refractivity contribution in [3.63, 3.8) is 0 Å². The van der Waals surface area contributed by atoms with E-state index in [0.717, 1.165) is 36.9 Å². The van der Waals surface area contributed by atoms with E-state index in [1.165, 1.54) is 18.4 Å². The number of rotatable bonds is 8. The number of benzene rings is 2. The van der Waals surface area contributed by atoms with Crippen LogP contribution in [0.15, 0.2) is 53.5 Å². The topological polar surface area (TPSA) is 78.0 Å². The zero-order valence-electron chi connectivity index (χ0n) is 18.6. The summed E-state index contributed by atoms with van der Waals surface area (Å²) < 4.78 is 5.63. The van der Waals surface area contributed by atoms with E-state index in [-0.39, 0.29) is 11.9 Å². The minimum absolute atomic E-state index is 0.0883. The highest BCUT2D eigenvalue weighted by Gasteiger charge is 2.26. The predicted octanol–water partition coefficient (Wildman–Crippen LogP) is 2.56. The van der Waals surface area contributed by atoms with E-state index in [9.17, 15) is 4.79 Å². The Balaban J connectivity index is 1.65. The third-order valence-corrected chi connectivity index (χ3v) is 5.64. The van der Waals surface area contributed by atoms with Crippen LogP contribution in [-0.2, 0) is 6.54 Å². The molecule has 1 heterocycles. The maximum absolute atomic E-state index is 11.9. The molecule has 3 N–H and O–H groups in total. The first-order valence-electron chi connectivity index (χ1n) is 10.8. The average Bonchev–Trinajstić information content (AvgIpc) is 3.35. The summed E-state index contributed by atoms with van der Waals surface area (Å²) in [5, 5.41) is 9.49. The summed E-state index contributed by atoms with van der Waals surface area (Å²) in [6.07, 6.45) is 2.45. The molecule has 1 aliphatic rings. The van der Waals surface area contributed by atoms with Crippen LogP contribution < -0.4 is 20.7 Å². The number of hydrogen-bond donors (Lipinski definition) is 3. The molecule has 31 heavy (non-hydrogen) atoms. The average molecular weight is 424 g/mol. The van der Waals surface area contributed by atoms with E-state index in [0.29, 0.717) is 12.1 Å². The van der Waals surface area contributed by atoms with E-state index < -0.39 is 0 Å². The Labute approximate surface area is 184 Å². The van der Waals surface area contributed by atoms with Crippen LogP contribution >= 0.6 is 0 Å². The minimum atomic E-state index is -0.0883. The van der Waals surface area contributed by atoms with Gasteiger partial charge >= 0.3 is 0 Å². The largest absolute Gasteiger partial charge is 0.496 e. The molecule has 0 bridgehead atoms. The van der Waals surface area contributed by atoms with Crippen LogP contribution in [0.1, 0.15) is 40.4 Å². The zero-order valence-corrected chi connectivity index (χ0v) is 18.6. The molecule has 7 heteroatoms. The van der Waals surface area contributed by atoms with Crippen molar-refractivity contribution in [3.05, 3.63) is 65.2 Å². The lowest BCUT2D eigenvalue weighted by molar-refractivity contribution is 0.0963. The monoisotopic (exact) mass is 423 g/mol. The van der Waals surface area contributed by atoms with Gasteiger partial charge in [-0.3, -0.25) is 14.7 Å². The van der Waals surface area contributed by atoms with Gasteiger partial charge in [0.15, 0.2) is 5.96 Å². The van der Waals surface area contributed by atoms with Crippen LogP contribution in [0.5, 0.6) is 5.75 Å². The Hall–Kier alpha value is -3.06. The number of aliphatic imine (C=N–C) groups is 1. The summed E-state index contributed by atoms with van der Waals surface area (Å²) in [4.78, 5) is 18.7. The fourth-order valence-electron chi connectivity index (χ4n) is 4.00. The molecule has 1 amide bonds. The SMILES string of the molecule is CN=C(NCc1cccc(C(=O)NC)c1)NCC(c1ccccc1OC)N1CCCC1. The summed E-state index contributed by atoms with van der Waals surface area (Å²) in [6, 6.07) is 16.0. The second-order valence-corrected chi connectivity index (χ2v) is 7.59. The summed E-state index contributed by atoms with van der Waals surface area (Å²) in [5.41, 5.74) is 2.85. The van der Waals surface area contributed by atoms with E-state index in [1.54, 1.807) is 21.2 Å². The van der Waals surface area contributed by atoms with Gasteiger partial charge in [0.2, 0.25) is 0 Å². The van der Waals surface area contributed by atoms with Crippen molar-refractivity contribution in [1.29, 1.82) is 0 Å². The van der Waals surface area contributed by atoms with Crippen LogP contribution in [0.3, 0.4) is 0 Å².